The van der Waals surface area contributed by atoms with Crippen LogP contribution in [0.25, 0.3) is 23.3 Å². The van der Waals surface area contributed by atoms with Gasteiger partial charge in [0.1, 0.15) is 29.5 Å². The molecule has 0 radical (unpaired) electrons. The van der Waals surface area contributed by atoms with Crippen LogP contribution in [0.4, 0.5) is 0 Å². The first-order valence-corrected chi connectivity index (χ1v) is 20.5. The van der Waals surface area contributed by atoms with Crippen LogP contribution in [0.15, 0.2) is 83.9 Å². The molecule has 2 aliphatic carbocycles. The number of hydrogen-bond donors (Lipinski definition) is 4. The number of allylic oxidation sites excluding steroid dienone is 1. The van der Waals surface area contributed by atoms with Crippen LogP contribution in [0, 0.1) is 0 Å². The van der Waals surface area contributed by atoms with Crippen LogP contribution in [0.2, 0.25) is 0 Å². The number of hydrogen-bond acceptors (Lipinski definition) is 9. The van der Waals surface area contributed by atoms with Crippen molar-refractivity contribution in [3.63, 3.8) is 0 Å². The maximum Gasteiger partial charge on any atom is 0.161 e. The van der Waals surface area contributed by atoms with Crippen molar-refractivity contribution >= 4 is 12.2 Å². The summed E-state index contributed by atoms with van der Waals surface area (Å²) < 4.78 is 26.5. The van der Waals surface area contributed by atoms with Gasteiger partial charge in [-0.05, 0) is 120 Å². The van der Waals surface area contributed by atoms with Gasteiger partial charge < -0.3 is 34.3 Å². The molecule has 4 N–H and O–H groups in total. The Morgan fingerprint density at radius 2 is 1.78 bits per heavy atom. The number of nitrogens with zero attached hydrogens (tertiary/aromatic N) is 1. The highest BCUT2D eigenvalue weighted by molar-refractivity contribution is 5.88. The molecule has 3 aliphatic heterocycles. The standard InChI is InChI=1S/C49H48N2O7/c1-50-26-56-43-24-39-38-23-37-33(28-10-16-40-29(20-28)18-19-51-40)13-14-34-41(53)17-15-35(44(34)37)45(38)49-36(12-11-32(25-52)57-49)48(39)58-47(43)31-21-30(46(54)42(22-31)55-2)9-8-27-6-4-3-5-7-27/h3-7,10,13-18,20-22,32-33,37,43,47,50,52-54H,8-9,11-12,19,23-26H2,1-2H3. The number of benzene rings is 5. The highest BCUT2D eigenvalue weighted by atomic mass is 16.6. The number of aryl methyl sites for hydroxylation is 2. The Labute approximate surface area is 337 Å². The van der Waals surface area contributed by atoms with Gasteiger partial charge in [-0.15, -0.1) is 0 Å². The molecule has 3 heterocycles. The van der Waals surface area contributed by atoms with E-state index < -0.39 is 6.10 Å². The number of methoxy groups -OCH3 is 1. The van der Waals surface area contributed by atoms with Crippen LogP contribution in [0.3, 0.4) is 0 Å². The zero-order valence-corrected chi connectivity index (χ0v) is 32.8. The SMILES string of the molecule is CNCOC1Cc2c3c(c4c(c2OC1c1cc(CCc2ccccc2)c(O)c(OC)c1)CCC(CO)O4)-c1ccc(O)c2c1C(C3)C(c1ccc3c(c1)=CCN=3)C=C2. The first kappa shape index (κ1) is 36.7. The Bertz CT molecular complexity index is 2590. The predicted octanol–water partition coefficient (Wildman–Crippen LogP) is 6.35. The van der Waals surface area contributed by atoms with Gasteiger partial charge in [0, 0.05) is 34.6 Å². The largest absolute Gasteiger partial charge is 0.507 e. The lowest BCUT2D eigenvalue weighted by Crippen LogP contribution is -2.37. The number of aromatic hydroxyl groups is 2. The summed E-state index contributed by atoms with van der Waals surface area (Å²) in [5.41, 5.74) is 11.4. The summed E-state index contributed by atoms with van der Waals surface area (Å²) in [4.78, 5) is 4.64. The lowest BCUT2D eigenvalue weighted by Gasteiger charge is -2.43. The molecular formula is C49H48N2O7. The van der Waals surface area contributed by atoms with Crippen LogP contribution in [0.5, 0.6) is 28.7 Å². The van der Waals surface area contributed by atoms with Gasteiger partial charge in [0.2, 0.25) is 0 Å². The van der Waals surface area contributed by atoms with E-state index in [0.29, 0.717) is 51.1 Å². The Hall–Kier alpha value is -5.61. The molecule has 0 amide bonds. The van der Waals surface area contributed by atoms with E-state index in [0.717, 1.165) is 78.6 Å². The van der Waals surface area contributed by atoms with E-state index in [2.05, 4.69) is 58.9 Å². The first-order valence-electron chi connectivity index (χ1n) is 20.5. The fraction of sp³-hybridized carbons (Fsp3) is 0.327. The van der Waals surface area contributed by atoms with Crippen molar-refractivity contribution in [2.45, 2.75) is 68.7 Å². The van der Waals surface area contributed by atoms with Crippen molar-refractivity contribution in [3.05, 3.63) is 140 Å². The van der Waals surface area contributed by atoms with E-state index in [4.69, 9.17) is 18.9 Å². The molecule has 5 aliphatic rings. The number of phenols is 2. The van der Waals surface area contributed by atoms with E-state index in [9.17, 15) is 15.3 Å². The molecular weight excluding hydrogens is 729 g/mol. The normalized spacial score (nSPS) is 21.9. The third-order valence-corrected chi connectivity index (χ3v) is 12.8. The van der Waals surface area contributed by atoms with Gasteiger partial charge in [-0.2, -0.15) is 0 Å². The van der Waals surface area contributed by atoms with Gasteiger partial charge in [-0.1, -0.05) is 60.7 Å². The third kappa shape index (κ3) is 6.15. The molecule has 58 heavy (non-hydrogen) atoms. The molecule has 5 aromatic carbocycles. The minimum Gasteiger partial charge on any atom is -0.507 e. The van der Waals surface area contributed by atoms with E-state index in [1.165, 1.54) is 11.1 Å². The van der Waals surface area contributed by atoms with Gasteiger partial charge in [0.25, 0.3) is 0 Å². The van der Waals surface area contributed by atoms with Crippen molar-refractivity contribution in [1.29, 1.82) is 0 Å². The van der Waals surface area contributed by atoms with Gasteiger partial charge >= 0.3 is 0 Å². The molecule has 5 unspecified atom stereocenters. The van der Waals surface area contributed by atoms with Crippen molar-refractivity contribution in [1.82, 2.24) is 5.32 Å². The maximum absolute atomic E-state index is 11.3. The summed E-state index contributed by atoms with van der Waals surface area (Å²) in [6, 6.07) is 24.6. The average molecular weight is 777 g/mol. The minimum absolute atomic E-state index is 0.0355. The zero-order valence-electron chi connectivity index (χ0n) is 32.8. The molecule has 0 spiro atoms. The summed E-state index contributed by atoms with van der Waals surface area (Å²) in [6.45, 7) is 0.941. The molecule has 9 nitrogen and oxygen atoms in total. The predicted molar refractivity (Wildman–Crippen MR) is 223 cm³/mol. The second-order valence-corrected chi connectivity index (χ2v) is 16.1. The number of ether oxygens (including phenoxy) is 4. The van der Waals surface area contributed by atoms with Gasteiger partial charge in [0.05, 0.1) is 32.3 Å². The lowest BCUT2D eigenvalue weighted by molar-refractivity contribution is -0.0436. The Morgan fingerprint density at radius 1 is 0.897 bits per heavy atom. The number of aliphatic hydroxyl groups excluding tert-OH is 1. The van der Waals surface area contributed by atoms with Crippen LogP contribution >= 0.6 is 0 Å². The number of rotatable bonds is 10. The first-order chi connectivity index (χ1) is 28.4. The molecule has 0 saturated carbocycles. The minimum atomic E-state index is -0.513. The summed E-state index contributed by atoms with van der Waals surface area (Å²) in [5, 5.41) is 38.4. The molecule has 296 valence electrons. The highest BCUT2D eigenvalue weighted by Crippen LogP contribution is 2.59. The average Bonchev–Trinajstić information content (AvgIpc) is 3.74. The van der Waals surface area contributed by atoms with E-state index in [-0.39, 0.29) is 42.1 Å². The van der Waals surface area contributed by atoms with Crippen molar-refractivity contribution in [2.24, 2.45) is 4.99 Å². The van der Waals surface area contributed by atoms with E-state index in [1.54, 1.807) is 13.2 Å². The van der Waals surface area contributed by atoms with Crippen LogP contribution in [0.1, 0.15) is 74.4 Å². The molecule has 5 aromatic rings. The molecule has 5 atom stereocenters. The van der Waals surface area contributed by atoms with Crippen LogP contribution in [-0.2, 0) is 36.8 Å². The summed E-state index contributed by atoms with van der Waals surface area (Å²) in [6.07, 6.45) is 9.28. The third-order valence-electron chi connectivity index (χ3n) is 12.8. The lowest BCUT2D eigenvalue weighted by atomic mass is 9.65. The zero-order chi connectivity index (χ0) is 39.5. The summed E-state index contributed by atoms with van der Waals surface area (Å²) >= 11 is 0. The fourth-order valence-electron chi connectivity index (χ4n) is 10.1. The van der Waals surface area contributed by atoms with Crippen molar-refractivity contribution < 1.29 is 34.3 Å². The van der Waals surface area contributed by atoms with Gasteiger partial charge in [0.15, 0.2) is 17.6 Å². The van der Waals surface area contributed by atoms with Gasteiger partial charge in [-0.3, -0.25) is 10.3 Å². The Balaban J connectivity index is 1.12. The summed E-state index contributed by atoms with van der Waals surface area (Å²) in [5.74, 6) is 2.47. The highest BCUT2D eigenvalue weighted by Gasteiger charge is 2.44. The van der Waals surface area contributed by atoms with Crippen LogP contribution in [-0.4, -0.2) is 61.6 Å². The smallest absolute Gasteiger partial charge is 0.161 e. The monoisotopic (exact) mass is 776 g/mol. The van der Waals surface area contributed by atoms with E-state index in [1.807, 2.05) is 43.4 Å². The number of nitrogens with one attached hydrogen (secondary N) is 1. The fourth-order valence-corrected chi connectivity index (χ4v) is 10.1. The number of fused-ring (bicyclic) bond motifs is 8. The van der Waals surface area contributed by atoms with Gasteiger partial charge in [-0.25, -0.2) is 0 Å². The molecule has 0 bridgehead atoms. The molecule has 9 heteroatoms. The Morgan fingerprint density at radius 3 is 2.60 bits per heavy atom. The topological polar surface area (TPSA) is 122 Å². The maximum atomic E-state index is 11.3. The molecule has 0 saturated heterocycles. The molecule has 10 rings (SSSR count). The van der Waals surface area contributed by atoms with Crippen molar-refractivity contribution in [2.75, 3.05) is 34.0 Å². The number of phenolic OH excluding ortho intramolecular Hbond substituents is 2. The van der Waals surface area contributed by atoms with E-state index >= 15 is 0 Å². The van der Waals surface area contributed by atoms with Crippen LogP contribution < -0.4 is 30.1 Å². The second-order valence-electron chi connectivity index (χ2n) is 16.1. The number of aliphatic hydroxyl groups is 1. The Kier molecular flexibility index (Phi) is 9.47. The second kappa shape index (κ2) is 15.0. The quantitative estimate of drug-likeness (QED) is 0.121. The van der Waals surface area contributed by atoms with Crippen molar-refractivity contribution in [3.8, 4) is 39.9 Å². The molecule has 0 aromatic heterocycles. The molecule has 0 fully saturated rings. The summed E-state index contributed by atoms with van der Waals surface area (Å²) in [7, 11) is 3.45.